The largest absolute Gasteiger partial charge is 0.371 e. The first-order chi connectivity index (χ1) is 6.13. The van der Waals surface area contributed by atoms with Crippen LogP contribution in [-0.2, 0) is 0 Å². The summed E-state index contributed by atoms with van der Waals surface area (Å²) in [6, 6.07) is 8.21. The van der Waals surface area contributed by atoms with E-state index in [4.69, 9.17) is 5.73 Å². The minimum atomic E-state index is -0.655. The predicted octanol–water partition coefficient (Wildman–Crippen LogP) is 1.35. The molecule has 0 atom stereocenters. The van der Waals surface area contributed by atoms with Crippen LogP contribution in [0, 0.1) is 10.1 Å². The Morgan fingerprint density at radius 2 is 1.93 bits per heavy atom. The van der Waals surface area contributed by atoms with Gasteiger partial charge in [0.05, 0.1) is 0 Å². The Labute approximate surface area is 92.0 Å². The molecule has 2 N–H and O–H groups in total. The Bertz CT molecular complexity index is 319. The van der Waals surface area contributed by atoms with Gasteiger partial charge in [-0.05, 0) is 29.4 Å². The standard InChI is InChI=1S/C7H7N3O2S.ClH/c8-7(13)9(10(11)12)6-4-2-1-3-5-6;/h1-5H,(H2,8,13);1H. The molecule has 14 heavy (non-hydrogen) atoms. The fourth-order valence-corrected chi connectivity index (χ4v) is 1.04. The Morgan fingerprint density at radius 3 is 2.29 bits per heavy atom. The number of nitrogens with zero attached hydrogens (tertiary/aromatic N) is 2. The lowest BCUT2D eigenvalue weighted by atomic mass is 10.3. The maximum absolute atomic E-state index is 10.5. The molecule has 0 aliphatic heterocycles. The van der Waals surface area contributed by atoms with E-state index in [1.807, 2.05) is 0 Å². The van der Waals surface area contributed by atoms with Gasteiger partial charge in [0.15, 0.2) is 5.03 Å². The van der Waals surface area contributed by atoms with Crippen molar-refractivity contribution in [2.24, 2.45) is 5.73 Å². The van der Waals surface area contributed by atoms with Crippen molar-refractivity contribution >= 4 is 35.4 Å². The van der Waals surface area contributed by atoms with E-state index in [9.17, 15) is 10.1 Å². The number of hydrogen-bond donors (Lipinski definition) is 1. The monoisotopic (exact) mass is 233 g/mol. The lowest BCUT2D eigenvalue weighted by Gasteiger charge is -2.10. The Kier molecular flexibility index (Phi) is 4.82. The van der Waals surface area contributed by atoms with Crippen molar-refractivity contribution in [1.29, 1.82) is 0 Å². The average molecular weight is 234 g/mol. The maximum atomic E-state index is 10.5. The highest BCUT2D eigenvalue weighted by molar-refractivity contribution is 7.80. The molecule has 0 saturated heterocycles. The summed E-state index contributed by atoms with van der Waals surface area (Å²) in [5.74, 6) is 0. The molecule has 7 heteroatoms. The summed E-state index contributed by atoms with van der Waals surface area (Å²) in [7, 11) is 0. The zero-order valence-electron chi connectivity index (χ0n) is 6.99. The maximum Gasteiger partial charge on any atom is 0.236 e. The van der Waals surface area contributed by atoms with E-state index in [0.717, 1.165) is 0 Å². The van der Waals surface area contributed by atoms with Crippen LogP contribution < -0.4 is 10.7 Å². The second kappa shape index (κ2) is 5.36. The molecule has 0 unspecified atom stereocenters. The summed E-state index contributed by atoms with van der Waals surface area (Å²) in [6.07, 6.45) is 0. The lowest BCUT2D eigenvalue weighted by Crippen LogP contribution is -2.40. The van der Waals surface area contributed by atoms with Crippen LogP contribution in [0.25, 0.3) is 0 Å². The Morgan fingerprint density at radius 1 is 1.43 bits per heavy atom. The van der Waals surface area contributed by atoms with Crippen molar-refractivity contribution < 1.29 is 5.03 Å². The number of thiocarbonyl (C=S) groups is 1. The van der Waals surface area contributed by atoms with Crippen LogP contribution in [0.4, 0.5) is 5.69 Å². The molecule has 0 amide bonds. The predicted molar refractivity (Wildman–Crippen MR) is 59.9 cm³/mol. The Balaban J connectivity index is 0.00000169. The molecule has 0 aliphatic carbocycles. The normalized spacial score (nSPS) is 8.57. The molecular weight excluding hydrogens is 226 g/mol. The van der Waals surface area contributed by atoms with Crippen LogP contribution >= 0.6 is 24.6 Å². The number of halogens is 1. The van der Waals surface area contributed by atoms with Crippen molar-refractivity contribution in [2.75, 3.05) is 5.01 Å². The first kappa shape index (κ1) is 12.6. The van der Waals surface area contributed by atoms with Gasteiger partial charge in [-0.2, -0.15) is 0 Å². The van der Waals surface area contributed by atoms with Crippen LogP contribution in [0.3, 0.4) is 0 Å². The van der Waals surface area contributed by atoms with Crippen LogP contribution in [0.2, 0.25) is 0 Å². The highest BCUT2D eigenvalue weighted by atomic mass is 35.5. The summed E-state index contributed by atoms with van der Waals surface area (Å²) >= 11 is 4.54. The zero-order chi connectivity index (χ0) is 9.84. The van der Waals surface area contributed by atoms with Gasteiger partial charge in [0.1, 0.15) is 5.69 Å². The summed E-state index contributed by atoms with van der Waals surface area (Å²) in [5, 5.41) is 10.2. The number of rotatable bonds is 2. The molecular formula is C7H8ClN3O2S. The summed E-state index contributed by atoms with van der Waals surface area (Å²) in [5.41, 5.74) is 5.53. The molecule has 0 bridgehead atoms. The van der Waals surface area contributed by atoms with E-state index in [2.05, 4.69) is 12.2 Å². The molecule has 0 heterocycles. The number of nitro groups is 1. The molecule has 0 radical (unpaired) electrons. The van der Waals surface area contributed by atoms with E-state index in [1.165, 1.54) is 0 Å². The molecule has 1 aromatic carbocycles. The van der Waals surface area contributed by atoms with Crippen molar-refractivity contribution in [3.8, 4) is 0 Å². The molecule has 1 aromatic rings. The van der Waals surface area contributed by atoms with Gasteiger partial charge in [0, 0.05) is 0 Å². The van der Waals surface area contributed by atoms with Crippen molar-refractivity contribution in [3.63, 3.8) is 0 Å². The highest BCUT2D eigenvalue weighted by Crippen LogP contribution is 2.12. The van der Waals surface area contributed by atoms with Gasteiger partial charge >= 0.3 is 0 Å². The van der Waals surface area contributed by atoms with Gasteiger partial charge in [0.2, 0.25) is 5.11 Å². The zero-order valence-corrected chi connectivity index (χ0v) is 8.62. The topological polar surface area (TPSA) is 72.4 Å². The SMILES string of the molecule is Cl.NC(=S)N(c1ccccc1)[N+](=O)[O-]. The Hall–Kier alpha value is -1.40. The van der Waals surface area contributed by atoms with Gasteiger partial charge in [-0.25, -0.2) is 10.1 Å². The average Bonchev–Trinajstić information content (AvgIpc) is 2.04. The number of hydrazine groups is 1. The third kappa shape index (κ3) is 2.82. The number of hydrogen-bond acceptors (Lipinski definition) is 3. The number of para-hydroxylation sites is 1. The van der Waals surface area contributed by atoms with Crippen LogP contribution in [0.5, 0.6) is 0 Å². The minimum Gasteiger partial charge on any atom is -0.371 e. The number of benzene rings is 1. The van der Waals surface area contributed by atoms with Gasteiger partial charge < -0.3 is 5.73 Å². The summed E-state index contributed by atoms with van der Waals surface area (Å²) in [4.78, 5) is 10.5. The second-order valence-corrected chi connectivity index (χ2v) is 2.64. The van der Waals surface area contributed by atoms with Gasteiger partial charge in [-0.3, -0.25) is 0 Å². The van der Waals surface area contributed by atoms with E-state index < -0.39 is 5.03 Å². The third-order valence-electron chi connectivity index (χ3n) is 1.37. The molecule has 76 valence electrons. The van der Waals surface area contributed by atoms with E-state index in [0.29, 0.717) is 10.7 Å². The van der Waals surface area contributed by atoms with Gasteiger partial charge in [-0.15, -0.1) is 12.4 Å². The molecule has 0 aliphatic rings. The van der Waals surface area contributed by atoms with Crippen LogP contribution in [0.15, 0.2) is 30.3 Å². The molecule has 1 rings (SSSR count). The molecule has 0 saturated carbocycles. The minimum absolute atomic E-state index is 0. The van der Waals surface area contributed by atoms with Crippen molar-refractivity contribution in [3.05, 3.63) is 40.4 Å². The van der Waals surface area contributed by atoms with Gasteiger partial charge in [0.25, 0.3) is 0 Å². The van der Waals surface area contributed by atoms with Crippen LogP contribution in [-0.4, -0.2) is 10.1 Å². The number of anilines is 1. The lowest BCUT2D eigenvalue weighted by molar-refractivity contribution is -0.479. The number of nitrogens with two attached hydrogens (primary N) is 1. The fourth-order valence-electron chi connectivity index (χ4n) is 0.871. The van der Waals surface area contributed by atoms with Crippen molar-refractivity contribution in [1.82, 2.24) is 0 Å². The van der Waals surface area contributed by atoms with E-state index >= 15 is 0 Å². The first-order valence-electron chi connectivity index (χ1n) is 3.42. The van der Waals surface area contributed by atoms with Gasteiger partial charge in [-0.1, -0.05) is 18.2 Å². The molecule has 0 fully saturated rings. The molecule has 5 nitrogen and oxygen atoms in total. The first-order valence-corrected chi connectivity index (χ1v) is 3.82. The second-order valence-electron chi connectivity index (χ2n) is 2.22. The summed E-state index contributed by atoms with van der Waals surface area (Å²) < 4.78 is 0. The van der Waals surface area contributed by atoms with E-state index in [-0.39, 0.29) is 17.5 Å². The van der Waals surface area contributed by atoms with Crippen LogP contribution in [0.1, 0.15) is 0 Å². The summed E-state index contributed by atoms with van der Waals surface area (Å²) in [6.45, 7) is 0. The van der Waals surface area contributed by atoms with E-state index in [1.54, 1.807) is 30.3 Å². The fraction of sp³-hybridized carbons (Fsp3) is 0. The quantitative estimate of drug-likeness (QED) is 0.474. The molecule has 0 aromatic heterocycles. The van der Waals surface area contributed by atoms with Crippen molar-refractivity contribution in [2.45, 2.75) is 0 Å². The highest BCUT2D eigenvalue weighted by Gasteiger charge is 2.19. The smallest absolute Gasteiger partial charge is 0.236 e. The third-order valence-corrected chi connectivity index (χ3v) is 1.55. The molecule has 0 spiro atoms.